The van der Waals surface area contributed by atoms with E-state index in [0.717, 1.165) is 35.3 Å². The van der Waals surface area contributed by atoms with Crippen molar-refractivity contribution in [1.29, 1.82) is 0 Å². The van der Waals surface area contributed by atoms with E-state index in [1.807, 2.05) is 54.6 Å². The van der Waals surface area contributed by atoms with Gasteiger partial charge in [0.05, 0.1) is 12.6 Å². The number of carbonyl (C=O) groups is 2. The third-order valence-corrected chi connectivity index (χ3v) is 8.77. The minimum Gasteiger partial charge on any atom is -0.494 e. The minimum atomic E-state index is -1.49. The Kier molecular flexibility index (Phi) is 6.57. The van der Waals surface area contributed by atoms with Crippen molar-refractivity contribution in [2.24, 2.45) is 0 Å². The molecule has 5 aromatic rings. The SMILES string of the molecule is COc1ccc(C2(Cc3ccncc3)C(=O)c3ccc(OCc4ccccc4)cc3C2=O)c2nc(C3CCCC3)[nH]c12. The van der Waals surface area contributed by atoms with Gasteiger partial charge in [0.1, 0.15) is 34.9 Å². The zero-order valence-electron chi connectivity index (χ0n) is 23.4. The molecule has 2 aromatic heterocycles. The van der Waals surface area contributed by atoms with E-state index in [-0.39, 0.29) is 18.0 Å². The number of ether oxygens (including phenoxy) is 2. The molecule has 0 aliphatic heterocycles. The summed E-state index contributed by atoms with van der Waals surface area (Å²) >= 11 is 0. The fraction of sp³-hybridized carbons (Fsp3) is 0.257. The minimum absolute atomic E-state index is 0.190. The van der Waals surface area contributed by atoms with Gasteiger partial charge in [-0.3, -0.25) is 14.6 Å². The second-order valence-electron chi connectivity index (χ2n) is 11.2. The first-order valence-corrected chi connectivity index (χ1v) is 14.4. The van der Waals surface area contributed by atoms with Crippen LogP contribution >= 0.6 is 0 Å². The molecule has 2 aliphatic carbocycles. The van der Waals surface area contributed by atoms with E-state index in [0.29, 0.717) is 46.2 Å². The fourth-order valence-electron chi connectivity index (χ4n) is 6.60. The van der Waals surface area contributed by atoms with Gasteiger partial charge >= 0.3 is 0 Å². The van der Waals surface area contributed by atoms with Gasteiger partial charge in [-0.2, -0.15) is 0 Å². The van der Waals surface area contributed by atoms with Crippen LogP contribution in [-0.4, -0.2) is 33.6 Å². The molecule has 1 atom stereocenters. The molecule has 0 bridgehead atoms. The van der Waals surface area contributed by atoms with Crippen LogP contribution in [0.4, 0.5) is 0 Å². The van der Waals surface area contributed by atoms with E-state index in [4.69, 9.17) is 14.5 Å². The maximum absolute atomic E-state index is 14.7. The first-order valence-electron chi connectivity index (χ1n) is 14.4. The van der Waals surface area contributed by atoms with E-state index in [1.165, 1.54) is 12.8 Å². The van der Waals surface area contributed by atoms with Crippen LogP contribution < -0.4 is 9.47 Å². The average molecular weight is 558 g/mol. The Balaban J connectivity index is 1.36. The lowest BCUT2D eigenvalue weighted by molar-refractivity contribution is 0.0794. The second kappa shape index (κ2) is 10.6. The fourth-order valence-corrected chi connectivity index (χ4v) is 6.60. The van der Waals surface area contributed by atoms with Crippen molar-refractivity contribution in [3.8, 4) is 11.5 Å². The van der Waals surface area contributed by atoms with Gasteiger partial charge in [-0.15, -0.1) is 0 Å². The van der Waals surface area contributed by atoms with Crippen molar-refractivity contribution < 1.29 is 19.1 Å². The number of Topliss-reactive ketones (excluding diaryl/α,β-unsaturated/α-hetero) is 2. The molecule has 7 heteroatoms. The van der Waals surface area contributed by atoms with Gasteiger partial charge in [0.15, 0.2) is 11.6 Å². The number of nitrogens with one attached hydrogen (secondary N) is 1. The highest BCUT2D eigenvalue weighted by molar-refractivity contribution is 6.34. The monoisotopic (exact) mass is 557 g/mol. The molecule has 0 saturated heterocycles. The van der Waals surface area contributed by atoms with Crippen molar-refractivity contribution in [2.75, 3.05) is 7.11 Å². The number of rotatable bonds is 8. The maximum atomic E-state index is 14.7. The van der Waals surface area contributed by atoms with Gasteiger partial charge in [-0.1, -0.05) is 49.2 Å². The summed E-state index contributed by atoms with van der Waals surface area (Å²) in [6, 6.07) is 22.4. The van der Waals surface area contributed by atoms with E-state index >= 15 is 0 Å². The molecular weight excluding hydrogens is 526 g/mol. The summed E-state index contributed by atoms with van der Waals surface area (Å²) in [5, 5.41) is 0. The number of nitrogens with zero attached hydrogens (tertiary/aromatic N) is 2. The first kappa shape index (κ1) is 26.1. The molecule has 0 radical (unpaired) electrons. The molecule has 1 fully saturated rings. The number of carbonyl (C=O) groups excluding carboxylic acids is 2. The number of imidazole rings is 1. The number of hydrogen-bond donors (Lipinski definition) is 1. The van der Waals surface area contributed by atoms with E-state index in [1.54, 1.807) is 37.7 Å². The highest BCUT2D eigenvalue weighted by Crippen LogP contribution is 2.47. The maximum Gasteiger partial charge on any atom is 0.182 e. The number of pyridine rings is 1. The highest BCUT2D eigenvalue weighted by Gasteiger charge is 2.55. The molecular formula is C35H31N3O4. The number of aromatic nitrogens is 3. The topological polar surface area (TPSA) is 94.2 Å². The van der Waals surface area contributed by atoms with Crippen LogP contribution in [0.1, 0.15) is 74.8 Å². The normalized spacial score (nSPS) is 18.5. The summed E-state index contributed by atoms with van der Waals surface area (Å²) < 4.78 is 11.7. The quantitative estimate of drug-likeness (QED) is 0.212. The molecule has 3 aromatic carbocycles. The Morgan fingerprint density at radius 3 is 2.40 bits per heavy atom. The van der Waals surface area contributed by atoms with Gasteiger partial charge in [0.2, 0.25) is 0 Å². The molecule has 7 rings (SSSR count). The molecule has 0 spiro atoms. The lowest BCUT2D eigenvalue weighted by Gasteiger charge is -2.27. The molecule has 1 saturated carbocycles. The van der Waals surface area contributed by atoms with Gasteiger partial charge in [-0.25, -0.2) is 4.98 Å². The Hall–Kier alpha value is -4.78. The molecule has 1 unspecified atom stereocenters. The van der Waals surface area contributed by atoms with Crippen LogP contribution in [0.3, 0.4) is 0 Å². The van der Waals surface area contributed by atoms with Crippen molar-refractivity contribution >= 4 is 22.6 Å². The van der Waals surface area contributed by atoms with Crippen LogP contribution in [0, 0.1) is 0 Å². The number of methoxy groups -OCH3 is 1. The van der Waals surface area contributed by atoms with Gasteiger partial charge < -0.3 is 14.5 Å². The number of fused-ring (bicyclic) bond motifs is 2. The second-order valence-corrected chi connectivity index (χ2v) is 11.2. The summed E-state index contributed by atoms with van der Waals surface area (Å²) in [6.45, 7) is 0.361. The van der Waals surface area contributed by atoms with Crippen molar-refractivity contribution in [3.05, 3.63) is 119 Å². The van der Waals surface area contributed by atoms with Gasteiger partial charge in [0.25, 0.3) is 0 Å². The Morgan fingerprint density at radius 1 is 0.881 bits per heavy atom. The van der Waals surface area contributed by atoms with E-state index in [9.17, 15) is 9.59 Å². The third kappa shape index (κ3) is 4.28. The largest absolute Gasteiger partial charge is 0.494 e. The molecule has 7 nitrogen and oxygen atoms in total. The smallest absolute Gasteiger partial charge is 0.182 e. The van der Waals surface area contributed by atoms with Crippen molar-refractivity contribution in [1.82, 2.24) is 15.0 Å². The van der Waals surface area contributed by atoms with Crippen LogP contribution in [0.2, 0.25) is 0 Å². The Morgan fingerprint density at radius 2 is 1.64 bits per heavy atom. The summed E-state index contributed by atoms with van der Waals surface area (Å²) in [6.07, 6.45) is 8.02. The molecule has 0 amide bonds. The summed E-state index contributed by atoms with van der Waals surface area (Å²) in [4.78, 5) is 41.9. The lowest BCUT2D eigenvalue weighted by atomic mass is 9.71. The summed E-state index contributed by atoms with van der Waals surface area (Å²) in [5.41, 5.74) is 3.06. The predicted molar refractivity (Wildman–Crippen MR) is 159 cm³/mol. The highest BCUT2D eigenvalue weighted by atomic mass is 16.5. The lowest BCUT2D eigenvalue weighted by Crippen LogP contribution is -2.41. The first-order chi connectivity index (χ1) is 20.6. The Labute approximate surface area is 243 Å². The average Bonchev–Trinajstić information content (AvgIpc) is 3.77. The van der Waals surface area contributed by atoms with Crippen LogP contribution in [0.5, 0.6) is 11.5 Å². The molecule has 210 valence electrons. The van der Waals surface area contributed by atoms with Crippen LogP contribution in [0.25, 0.3) is 11.0 Å². The number of hydrogen-bond acceptors (Lipinski definition) is 6. The van der Waals surface area contributed by atoms with Gasteiger partial charge in [0, 0.05) is 35.0 Å². The van der Waals surface area contributed by atoms with E-state index < -0.39 is 5.41 Å². The standard InChI is InChI=1S/C35H31N3O4/c1-41-29-14-13-28(30-31(29)38-34(37-30)24-9-5-6-10-24)35(20-22-15-17-36-18-16-22)32(39)26-12-11-25(19-27(26)33(35)40)42-21-23-7-3-2-4-8-23/h2-4,7-8,11-19,24H,5-6,9-10,20-21H2,1H3,(H,37,38). The summed E-state index contributed by atoms with van der Waals surface area (Å²) in [7, 11) is 1.62. The number of benzene rings is 3. The zero-order valence-corrected chi connectivity index (χ0v) is 23.4. The van der Waals surface area contributed by atoms with E-state index in [2.05, 4.69) is 9.97 Å². The third-order valence-electron chi connectivity index (χ3n) is 8.77. The Bertz CT molecular complexity index is 1790. The number of H-pyrrole nitrogens is 1. The molecule has 42 heavy (non-hydrogen) atoms. The molecule has 2 heterocycles. The molecule has 2 aliphatic rings. The van der Waals surface area contributed by atoms with Crippen molar-refractivity contribution in [2.45, 2.75) is 50.0 Å². The summed E-state index contributed by atoms with van der Waals surface area (Å²) in [5.74, 6) is 1.91. The van der Waals surface area contributed by atoms with Crippen LogP contribution in [0.15, 0.2) is 85.2 Å². The zero-order chi connectivity index (χ0) is 28.7. The number of ketones is 2. The van der Waals surface area contributed by atoms with Gasteiger partial charge in [-0.05, 0) is 66.8 Å². The van der Waals surface area contributed by atoms with Crippen molar-refractivity contribution in [3.63, 3.8) is 0 Å². The van der Waals surface area contributed by atoms with Crippen LogP contribution in [-0.2, 0) is 18.4 Å². The number of aromatic amines is 1. The molecule has 1 N–H and O–H groups in total. The predicted octanol–water partition coefficient (Wildman–Crippen LogP) is 6.76.